The summed E-state index contributed by atoms with van der Waals surface area (Å²) in [5.74, 6) is 1.10. The van der Waals surface area contributed by atoms with E-state index in [0.29, 0.717) is 11.5 Å². The van der Waals surface area contributed by atoms with E-state index in [1.807, 2.05) is 0 Å². The molecule has 1 aliphatic carbocycles. The third kappa shape index (κ3) is 5.73. The topological polar surface area (TPSA) is 61.5 Å². The normalized spacial score (nSPS) is 16.4. The van der Waals surface area contributed by atoms with Crippen LogP contribution < -0.4 is 14.6 Å². The number of allylic oxidation sites excluding steroid dienone is 1. The molecular weight excluding hydrogens is 621 g/mol. The number of rotatable bonds is 8. The van der Waals surface area contributed by atoms with Crippen LogP contribution in [-0.2, 0) is 49.5 Å². The molecule has 5 heteroatoms. The molecule has 0 radical (unpaired) electrons. The second-order valence-corrected chi connectivity index (χ2v) is 14.9. The second-order valence-electron chi connectivity index (χ2n) is 13.4. The van der Waals surface area contributed by atoms with Crippen molar-refractivity contribution >= 4 is 24.6 Å². The molecule has 7 rings (SSSR count). The lowest BCUT2D eigenvalue weighted by Gasteiger charge is -2.25. The summed E-state index contributed by atoms with van der Waals surface area (Å²) in [7, 11) is -4.15. The van der Waals surface area contributed by atoms with Crippen LogP contribution in [0.3, 0.4) is 0 Å². The molecule has 0 fully saturated rings. The Bertz CT molecular complexity index is 2140. The van der Waals surface area contributed by atoms with Gasteiger partial charge in [-0.05, 0) is 130 Å². The predicted molar refractivity (Wildman–Crippen MR) is 207 cm³/mol. The molecule has 2 N–H and O–H groups in total. The van der Waals surface area contributed by atoms with Crippen molar-refractivity contribution in [2.75, 3.05) is 0 Å². The zero-order valence-corrected chi connectivity index (χ0v) is 30.7. The van der Waals surface area contributed by atoms with E-state index in [1.165, 1.54) is 38.9 Å². The molecule has 1 unspecified atom stereocenters. The smallest absolute Gasteiger partial charge is 0.403 e. The summed E-state index contributed by atoms with van der Waals surface area (Å²) in [6.07, 6.45) is 11.7. The molecule has 0 bridgehead atoms. The highest BCUT2D eigenvalue weighted by Gasteiger charge is 2.38. The summed E-state index contributed by atoms with van der Waals surface area (Å²) < 4.78 is 27.8. The number of nitrogens with two attached hydrogens (primary N) is 1. The molecule has 0 saturated carbocycles. The van der Waals surface area contributed by atoms with E-state index in [4.69, 9.17) is 14.6 Å². The highest BCUT2D eigenvalue weighted by Crippen LogP contribution is 2.61. The molecular formula is C44H48NO3P. The van der Waals surface area contributed by atoms with E-state index in [9.17, 15) is 4.57 Å². The quantitative estimate of drug-likeness (QED) is 0.167. The Morgan fingerprint density at radius 2 is 1.14 bits per heavy atom. The highest BCUT2D eigenvalue weighted by molar-refractivity contribution is 7.52. The van der Waals surface area contributed by atoms with Crippen LogP contribution in [0.1, 0.15) is 92.5 Å². The maximum atomic E-state index is 14.6. The maximum absolute atomic E-state index is 14.6. The minimum atomic E-state index is -4.15. The molecule has 5 aromatic rings. The SMILES string of the molecule is CCc1cc(CC)c(-c2cc3c(c4c2OP(N)(=O)Oc2c(-c5c(CC)cc(CC)cc5CC)cc5ccccc5c2-4)C=CCC3)c(CC)c1. The lowest BCUT2D eigenvalue weighted by molar-refractivity contribution is 0.393. The molecule has 0 spiro atoms. The standard InChI is InChI=1S/C44H48NO3P/c1-7-27-21-29(9-3)39(30(10-4)22-27)37-25-33-17-13-15-19-35(33)41-42-36-20-16-14-18-34(36)26-38(44(42)48-49(45,46)47-43(37)41)40-31(11-5)23-28(8-2)24-32(40)12-6/h13,15-17,19-26H,7-12,14,18H2,1-6H3,(H2,45,46). The lowest BCUT2D eigenvalue weighted by atomic mass is 9.80. The van der Waals surface area contributed by atoms with E-state index in [2.05, 4.69) is 114 Å². The number of benzene rings is 5. The molecule has 0 saturated heterocycles. The average molecular weight is 670 g/mol. The van der Waals surface area contributed by atoms with Crippen LogP contribution in [0, 0.1) is 0 Å². The van der Waals surface area contributed by atoms with Gasteiger partial charge in [0.1, 0.15) is 11.5 Å². The zero-order valence-electron chi connectivity index (χ0n) is 29.8. The van der Waals surface area contributed by atoms with Crippen LogP contribution in [-0.4, -0.2) is 0 Å². The molecule has 1 aliphatic heterocycles. The Kier molecular flexibility index (Phi) is 9.07. The number of fused-ring (bicyclic) bond motifs is 7. The van der Waals surface area contributed by atoms with Gasteiger partial charge in [0.15, 0.2) is 0 Å². The van der Waals surface area contributed by atoms with E-state index >= 15 is 0 Å². The van der Waals surface area contributed by atoms with Crippen molar-refractivity contribution in [3.8, 4) is 44.9 Å². The van der Waals surface area contributed by atoms with E-state index < -0.39 is 7.75 Å². The molecule has 1 atom stereocenters. The molecule has 4 nitrogen and oxygen atoms in total. The second kappa shape index (κ2) is 13.3. The van der Waals surface area contributed by atoms with Gasteiger partial charge in [0, 0.05) is 22.3 Å². The van der Waals surface area contributed by atoms with Crippen molar-refractivity contribution in [2.45, 2.75) is 92.9 Å². The Morgan fingerprint density at radius 1 is 0.633 bits per heavy atom. The minimum Gasteiger partial charge on any atom is -0.403 e. The van der Waals surface area contributed by atoms with Crippen LogP contribution in [0.4, 0.5) is 0 Å². The van der Waals surface area contributed by atoms with Crippen molar-refractivity contribution in [1.82, 2.24) is 0 Å². The fourth-order valence-electron chi connectivity index (χ4n) is 8.13. The van der Waals surface area contributed by atoms with Gasteiger partial charge in [-0.2, -0.15) is 0 Å². The molecule has 49 heavy (non-hydrogen) atoms. The van der Waals surface area contributed by atoms with E-state index in [0.717, 1.165) is 101 Å². The van der Waals surface area contributed by atoms with Crippen molar-refractivity contribution in [2.24, 2.45) is 5.50 Å². The first kappa shape index (κ1) is 33.4. The molecule has 5 aromatic carbocycles. The van der Waals surface area contributed by atoms with Gasteiger partial charge in [-0.3, -0.25) is 0 Å². The van der Waals surface area contributed by atoms with Gasteiger partial charge >= 0.3 is 7.75 Å². The molecule has 1 heterocycles. The van der Waals surface area contributed by atoms with Gasteiger partial charge in [0.2, 0.25) is 0 Å². The van der Waals surface area contributed by atoms with Gasteiger partial charge < -0.3 is 9.05 Å². The summed E-state index contributed by atoms with van der Waals surface area (Å²) in [4.78, 5) is 0. The molecule has 2 aliphatic rings. The summed E-state index contributed by atoms with van der Waals surface area (Å²) in [6, 6.07) is 22.3. The fraction of sp³-hybridized carbons (Fsp3) is 0.318. The van der Waals surface area contributed by atoms with Crippen molar-refractivity contribution < 1.29 is 13.6 Å². The van der Waals surface area contributed by atoms with Gasteiger partial charge in [0.05, 0.1) is 0 Å². The van der Waals surface area contributed by atoms with Gasteiger partial charge in [-0.1, -0.05) is 102 Å². The van der Waals surface area contributed by atoms with Crippen molar-refractivity contribution in [1.29, 1.82) is 0 Å². The Labute approximate surface area is 292 Å². The van der Waals surface area contributed by atoms with E-state index in [-0.39, 0.29) is 0 Å². The third-order valence-electron chi connectivity index (χ3n) is 10.6. The molecule has 0 aromatic heterocycles. The van der Waals surface area contributed by atoms with Crippen molar-refractivity contribution in [3.05, 3.63) is 111 Å². The fourth-order valence-corrected chi connectivity index (χ4v) is 9.05. The number of aryl methyl sites for hydroxylation is 7. The summed E-state index contributed by atoms with van der Waals surface area (Å²) in [6.45, 7) is 13.3. The average Bonchev–Trinajstić information content (AvgIpc) is 3.26. The van der Waals surface area contributed by atoms with Crippen molar-refractivity contribution in [3.63, 3.8) is 0 Å². The largest absolute Gasteiger partial charge is 0.510 e. The Balaban J connectivity index is 1.69. The highest BCUT2D eigenvalue weighted by atomic mass is 31.2. The lowest BCUT2D eigenvalue weighted by Crippen LogP contribution is -2.10. The maximum Gasteiger partial charge on any atom is 0.510 e. The monoisotopic (exact) mass is 669 g/mol. The summed E-state index contributed by atoms with van der Waals surface area (Å²) in [5.41, 5.74) is 22.7. The summed E-state index contributed by atoms with van der Waals surface area (Å²) >= 11 is 0. The number of hydrogen-bond donors (Lipinski definition) is 1. The van der Waals surface area contributed by atoms with Crippen LogP contribution in [0.15, 0.2) is 66.7 Å². The van der Waals surface area contributed by atoms with Gasteiger partial charge in [-0.25, -0.2) is 10.1 Å². The first-order chi connectivity index (χ1) is 23.7. The third-order valence-corrected chi connectivity index (χ3v) is 11.4. The molecule has 252 valence electrons. The first-order valence-electron chi connectivity index (χ1n) is 18.3. The van der Waals surface area contributed by atoms with Crippen LogP contribution in [0.25, 0.3) is 50.2 Å². The zero-order chi connectivity index (χ0) is 34.4. The van der Waals surface area contributed by atoms with Crippen LogP contribution >= 0.6 is 7.75 Å². The Hall–Kier alpha value is -4.11. The predicted octanol–water partition coefficient (Wildman–Crippen LogP) is 12.0. The van der Waals surface area contributed by atoms with Gasteiger partial charge in [0.25, 0.3) is 0 Å². The summed E-state index contributed by atoms with van der Waals surface area (Å²) in [5, 5.41) is 2.12. The Morgan fingerprint density at radius 3 is 1.67 bits per heavy atom. The number of hydrogen-bond acceptors (Lipinski definition) is 3. The van der Waals surface area contributed by atoms with Gasteiger partial charge in [-0.15, -0.1) is 0 Å². The minimum absolute atomic E-state index is 0.544. The van der Waals surface area contributed by atoms with Crippen LogP contribution in [0.5, 0.6) is 11.5 Å². The van der Waals surface area contributed by atoms with Crippen LogP contribution in [0.2, 0.25) is 0 Å². The van der Waals surface area contributed by atoms with E-state index in [1.54, 1.807) is 0 Å². The molecule has 0 amide bonds. The first-order valence-corrected chi connectivity index (χ1v) is 19.9.